The number of ether oxygens (including phenoxy) is 1. The maximum atomic E-state index is 11.3. The lowest BCUT2D eigenvalue weighted by molar-refractivity contribution is 0.0318. The lowest BCUT2D eigenvalue weighted by Gasteiger charge is -2.36. The van der Waals surface area contributed by atoms with E-state index in [9.17, 15) is 8.42 Å². The van der Waals surface area contributed by atoms with Crippen LogP contribution in [0.15, 0.2) is 0 Å². The van der Waals surface area contributed by atoms with Crippen LogP contribution in [0.4, 0.5) is 0 Å². The fraction of sp³-hybridized carbons (Fsp3) is 1.00. The molecule has 0 atom stereocenters. The number of hydrogen-bond acceptors (Lipinski definition) is 3. The molecule has 0 N–H and O–H groups in total. The predicted octanol–water partition coefficient (Wildman–Crippen LogP) is 3.71. The Bertz CT molecular complexity index is 321. The highest BCUT2D eigenvalue weighted by molar-refractivity contribution is 8.13. The van der Waals surface area contributed by atoms with Crippen molar-refractivity contribution in [3.05, 3.63) is 0 Å². The number of rotatable bonds is 8. The van der Waals surface area contributed by atoms with Gasteiger partial charge in [-0.3, -0.25) is 0 Å². The Morgan fingerprint density at radius 3 is 2.39 bits per heavy atom. The molecule has 0 bridgehead atoms. The van der Waals surface area contributed by atoms with Crippen LogP contribution < -0.4 is 0 Å². The van der Waals surface area contributed by atoms with Crippen molar-refractivity contribution >= 4 is 19.7 Å². The minimum absolute atomic E-state index is 0.0648. The highest BCUT2D eigenvalue weighted by Crippen LogP contribution is 2.38. The molecule has 0 spiro atoms. The molecular formula is C13H25ClO3S. The first kappa shape index (κ1) is 16.3. The molecule has 0 unspecified atom stereocenters. The van der Waals surface area contributed by atoms with Crippen molar-refractivity contribution in [2.24, 2.45) is 5.41 Å². The van der Waals surface area contributed by atoms with Gasteiger partial charge in [0.1, 0.15) is 0 Å². The third-order valence-corrected chi connectivity index (χ3v) is 4.98. The molecule has 1 saturated carbocycles. The van der Waals surface area contributed by atoms with Crippen molar-refractivity contribution in [2.75, 3.05) is 19.0 Å². The van der Waals surface area contributed by atoms with Gasteiger partial charge in [0.05, 0.1) is 12.4 Å². The molecule has 18 heavy (non-hydrogen) atoms. The smallest absolute Gasteiger partial charge is 0.233 e. The molecule has 0 saturated heterocycles. The van der Waals surface area contributed by atoms with Crippen LogP contribution in [0.25, 0.3) is 0 Å². The first-order valence-corrected chi connectivity index (χ1v) is 9.45. The van der Waals surface area contributed by atoms with Crippen LogP contribution in [0.5, 0.6) is 0 Å². The highest BCUT2D eigenvalue weighted by atomic mass is 35.7. The summed E-state index contributed by atoms with van der Waals surface area (Å²) < 4.78 is 28.4. The van der Waals surface area contributed by atoms with Gasteiger partial charge >= 0.3 is 0 Å². The summed E-state index contributed by atoms with van der Waals surface area (Å²) in [5, 5.41) is 0. The monoisotopic (exact) mass is 296 g/mol. The minimum Gasteiger partial charge on any atom is -0.381 e. The van der Waals surface area contributed by atoms with Crippen LogP contribution in [0.2, 0.25) is 0 Å². The summed E-state index contributed by atoms with van der Waals surface area (Å²) in [6.07, 6.45) is 8.61. The average molecular weight is 297 g/mol. The minimum atomic E-state index is -3.44. The van der Waals surface area contributed by atoms with Crippen LogP contribution in [0.1, 0.15) is 58.3 Å². The van der Waals surface area contributed by atoms with Crippen molar-refractivity contribution in [3.8, 4) is 0 Å². The van der Waals surface area contributed by atoms with Gasteiger partial charge < -0.3 is 4.74 Å². The van der Waals surface area contributed by atoms with E-state index in [2.05, 4.69) is 6.92 Å². The second kappa shape index (κ2) is 7.71. The zero-order chi connectivity index (χ0) is 13.5. The summed E-state index contributed by atoms with van der Waals surface area (Å²) in [6.45, 7) is 3.43. The predicted molar refractivity (Wildman–Crippen MR) is 75.5 cm³/mol. The lowest BCUT2D eigenvalue weighted by atomic mass is 9.76. The highest BCUT2D eigenvalue weighted by Gasteiger charge is 2.36. The Hall–Kier alpha value is 0.200. The Kier molecular flexibility index (Phi) is 6.96. The summed E-state index contributed by atoms with van der Waals surface area (Å²) in [5.41, 5.74) is -0.231. The van der Waals surface area contributed by atoms with E-state index in [1.54, 1.807) is 0 Å². The molecule has 0 radical (unpaired) electrons. The molecule has 1 aliphatic carbocycles. The molecule has 0 amide bonds. The Morgan fingerprint density at radius 1 is 1.17 bits per heavy atom. The molecule has 5 heteroatoms. The van der Waals surface area contributed by atoms with E-state index in [0.29, 0.717) is 6.61 Å². The van der Waals surface area contributed by atoms with Gasteiger partial charge in [0.25, 0.3) is 0 Å². The van der Waals surface area contributed by atoms with Crippen molar-refractivity contribution in [2.45, 2.75) is 58.3 Å². The Labute approximate surface area is 116 Å². The van der Waals surface area contributed by atoms with Gasteiger partial charge in [-0.15, -0.1) is 0 Å². The van der Waals surface area contributed by atoms with Crippen molar-refractivity contribution in [1.29, 1.82) is 0 Å². The molecule has 108 valence electrons. The van der Waals surface area contributed by atoms with Crippen LogP contribution in [-0.2, 0) is 13.8 Å². The van der Waals surface area contributed by atoms with Crippen LogP contribution in [-0.4, -0.2) is 27.4 Å². The summed E-state index contributed by atoms with van der Waals surface area (Å²) in [4.78, 5) is 0. The maximum absolute atomic E-state index is 11.3. The lowest BCUT2D eigenvalue weighted by Crippen LogP contribution is -2.35. The van der Waals surface area contributed by atoms with E-state index in [4.69, 9.17) is 15.4 Å². The first-order valence-electron chi connectivity index (χ1n) is 6.97. The molecule has 0 aliphatic heterocycles. The molecule has 0 aromatic carbocycles. The standard InChI is InChI=1S/C13H25ClO3S/c1-2-3-7-10-17-11-13(12-18(14,15)16)8-5-4-6-9-13/h2-12H2,1H3. The third kappa shape index (κ3) is 6.39. The van der Waals surface area contributed by atoms with Gasteiger partial charge in [-0.05, 0) is 19.3 Å². The molecular weight excluding hydrogens is 272 g/mol. The molecule has 1 fully saturated rings. The van der Waals surface area contributed by atoms with Crippen LogP contribution >= 0.6 is 10.7 Å². The molecule has 0 aromatic rings. The maximum Gasteiger partial charge on any atom is 0.233 e. The Morgan fingerprint density at radius 2 is 1.83 bits per heavy atom. The van der Waals surface area contributed by atoms with Gasteiger partial charge in [-0.1, -0.05) is 39.0 Å². The van der Waals surface area contributed by atoms with E-state index in [1.807, 2.05) is 0 Å². The van der Waals surface area contributed by atoms with Gasteiger partial charge in [-0.25, -0.2) is 8.42 Å². The van der Waals surface area contributed by atoms with E-state index >= 15 is 0 Å². The number of hydrogen-bond donors (Lipinski definition) is 0. The average Bonchev–Trinajstić information content (AvgIpc) is 2.27. The fourth-order valence-corrected chi connectivity index (χ4v) is 4.54. The van der Waals surface area contributed by atoms with Gasteiger partial charge in [0.15, 0.2) is 0 Å². The van der Waals surface area contributed by atoms with Crippen LogP contribution in [0.3, 0.4) is 0 Å². The van der Waals surface area contributed by atoms with E-state index in [1.165, 1.54) is 19.3 Å². The zero-order valence-electron chi connectivity index (χ0n) is 11.3. The van der Waals surface area contributed by atoms with Gasteiger partial charge in [-0.2, -0.15) is 0 Å². The molecule has 1 aliphatic rings. The normalized spacial score (nSPS) is 19.9. The summed E-state index contributed by atoms with van der Waals surface area (Å²) in [5.74, 6) is 0.0648. The van der Waals surface area contributed by atoms with Gasteiger partial charge in [0, 0.05) is 22.7 Å². The molecule has 3 nitrogen and oxygen atoms in total. The summed E-state index contributed by atoms with van der Waals surface area (Å²) >= 11 is 0. The fourth-order valence-electron chi connectivity index (χ4n) is 2.74. The second-order valence-electron chi connectivity index (χ2n) is 5.50. The largest absolute Gasteiger partial charge is 0.381 e. The Balaban J connectivity index is 2.45. The molecule has 1 rings (SSSR count). The van der Waals surface area contributed by atoms with Crippen molar-refractivity contribution in [1.82, 2.24) is 0 Å². The number of unbranched alkanes of at least 4 members (excludes halogenated alkanes) is 2. The van der Waals surface area contributed by atoms with E-state index in [-0.39, 0.29) is 11.2 Å². The SMILES string of the molecule is CCCCCOCC1(CS(=O)(=O)Cl)CCCCC1. The molecule has 0 aromatic heterocycles. The molecule has 0 heterocycles. The van der Waals surface area contributed by atoms with Crippen LogP contribution in [0, 0.1) is 5.41 Å². The van der Waals surface area contributed by atoms with Crippen molar-refractivity contribution in [3.63, 3.8) is 0 Å². The van der Waals surface area contributed by atoms with E-state index < -0.39 is 9.05 Å². The second-order valence-corrected chi connectivity index (χ2v) is 8.28. The topological polar surface area (TPSA) is 43.4 Å². The summed E-state index contributed by atoms with van der Waals surface area (Å²) in [6, 6.07) is 0. The number of halogens is 1. The van der Waals surface area contributed by atoms with Gasteiger partial charge in [0.2, 0.25) is 9.05 Å². The first-order chi connectivity index (χ1) is 8.47. The third-order valence-electron chi connectivity index (χ3n) is 3.69. The van der Waals surface area contributed by atoms with Crippen molar-refractivity contribution < 1.29 is 13.2 Å². The summed E-state index contributed by atoms with van der Waals surface area (Å²) in [7, 11) is 2.00. The van der Waals surface area contributed by atoms with E-state index in [0.717, 1.165) is 38.7 Å². The zero-order valence-corrected chi connectivity index (χ0v) is 12.9. The quantitative estimate of drug-likeness (QED) is 0.506.